The van der Waals surface area contributed by atoms with Gasteiger partial charge in [-0.25, -0.2) is 0 Å². The van der Waals surface area contributed by atoms with E-state index in [1.165, 1.54) is 0 Å². The summed E-state index contributed by atoms with van der Waals surface area (Å²) in [5.41, 5.74) is 5.43. The van der Waals surface area contributed by atoms with Crippen molar-refractivity contribution in [3.8, 4) is 11.5 Å². The Kier molecular flexibility index (Phi) is 3.58. The Balaban J connectivity index is 2.58. The minimum absolute atomic E-state index is 0.0494. The van der Waals surface area contributed by atoms with Crippen LogP contribution < -0.4 is 15.2 Å². The van der Waals surface area contributed by atoms with E-state index in [9.17, 15) is 0 Å². The molecule has 0 heterocycles. The van der Waals surface area contributed by atoms with E-state index in [0.717, 1.165) is 11.5 Å². The fourth-order valence-electron chi connectivity index (χ4n) is 0.935. The molecule has 0 bridgehead atoms. The lowest BCUT2D eigenvalue weighted by Gasteiger charge is -2.12. The third kappa shape index (κ3) is 2.95. The van der Waals surface area contributed by atoms with Crippen molar-refractivity contribution in [2.75, 3.05) is 13.7 Å². The van der Waals surface area contributed by atoms with Crippen molar-refractivity contribution in [3.05, 3.63) is 24.3 Å². The summed E-state index contributed by atoms with van der Waals surface area (Å²) in [7, 11) is 1.64. The highest BCUT2D eigenvalue weighted by Gasteiger charge is 2.00. The Bertz CT molecular complexity index is 246. The van der Waals surface area contributed by atoms with Crippen LogP contribution in [0.3, 0.4) is 0 Å². The molecule has 13 heavy (non-hydrogen) atoms. The number of methoxy groups -OCH3 is 1. The van der Waals surface area contributed by atoms with E-state index < -0.39 is 0 Å². The number of hydrogen-bond acceptors (Lipinski definition) is 3. The van der Waals surface area contributed by atoms with Gasteiger partial charge < -0.3 is 15.2 Å². The van der Waals surface area contributed by atoms with Gasteiger partial charge in [-0.05, 0) is 31.2 Å². The van der Waals surface area contributed by atoms with Gasteiger partial charge in [-0.3, -0.25) is 0 Å². The second-order valence-electron chi connectivity index (χ2n) is 2.84. The number of rotatable bonds is 4. The van der Waals surface area contributed by atoms with Crippen molar-refractivity contribution >= 4 is 0 Å². The van der Waals surface area contributed by atoms with E-state index in [1.54, 1.807) is 7.11 Å². The minimum atomic E-state index is 0.0494. The van der Waals surface area contributed by atoms with Crippen LogP contribution in [-0.4, -0.2) is 19.8 Å². The third-order valence-electron chi connectivity index (χ3n) is 1.73. The van der Waals surface area contributed by atoms with Crippen molar-refractivity contribution in [1.82, 2.24) is 0 Å². The van der Waals surface area contributed by atoms with Crippen LogP contribution in [0.4, 0.5) is 0 Å². The van der Waals surface area contributed by atoms with Gasteiger partial charge in [0.2, 0.25) is 0 Å². The maximum Gasteiger partial charge on any atom is 0.120 e. The lowest BCUT2D eigenvalue weighted by molar-refractivity contribution is 0.229. The number of ether oxygens (including phenoxy) is 2. The summed E-state index contributed by atoms with van der Waals surface area (Å²) >= 11 is 0. The van der Waals surface area contributed by atoms with Crippen LogP contribution in [-0.2, 0) is 0 Å². The standard InChI is InChI=1S/C10H15NO2/c1-8(7-11)13-10-5-3-9(12-2)4-6-10/h3-6,8H,7,11H2,1-2H3. The van der Waals surface area contributed by atoms with Crippen LogP contribution in [0.15, 0.2) is 24.3 Å². The van der Waals surface area contributed by atoms with Gasteiger partial charge in [-0.1, -0.05) is 0 Å². The van der Waals surface area contributed by atoms with Crippen LogP contribution in [0.25, 0.3) is 0 Å². The Labute approximate surface area is 78.5 Å². The highest BCUT2D eigenvalue weighted by atomic mass is 16.5. The van der Waals surface area contributed by atoms with Crippen LogP contribution in [0.2, 0.25) is 0 Å². The normalized spacial score (nSPS) is 12.2. The Hall–Kier alpha value is -1.22. The van der Waals surface area contributed by atoms with Crippen LogP contribution in [0.5, 0.6) is 11.5 Å². The smallest absolute Gasteiger partial charge is 0.120 e. The van der Waals surface area contributed by atoms with Crippen molar-refractivity contribution in [2.24, 2.45) is 5.73 Å². The first-order valence-corrected chi connectivity index (χ1v) is 4.27. The Morgan fingerprint density at radius 3 is 2.23 bits per heavy atom. The topological polar surface area (TPSA) is 44.5 Å². The zero-order valence-electron chi connectivity index (χ0n) is 7.99. The zero-order chi connectivity index (χ0) is 9.68. The molecule has 0 saturated heterocycles. The summed E-state index contributed by atoms with van der Waals surface area (Å²) in [6, 6.07) is 7.45. The largest absolute Gasteiger partial charge is 0.497 e. The first-order chi connectivity index (χ1) is 6.26. The second-order valence-corrected chi connectivity index (χ2v) is 2.84. The molecule has 72 valence electrons. The summed E-state index contributed by atoms with van der Waals surface area (Å²) in [6.07, 6.45) is 0.0494. The van der Waals surface area contributed by atoms with Gasteiger partial charge in [0.15, 0.2) is 0 Å². The van der Waals surface area contributed by atoms with E-state index in [4.69, 9.17) is 15.2 Å². The highest BCUT2D eigenvalue weighted by molar-refractivity contribution is 5.31. The molecular formula is C10H15NO2. The van der Waals surface area contributed by atoms with Crippen LogP contribution >= 0.6 is 0 Å². The molecule has 0 aliphatic rings. The first-order valence-electron chi connectivity index (χ1n) is 4.27. The minimum Gasteiger partial charge on any atom is -0.497 e. The van der Waals surface area contributed by atoms with E-state index in [2.05, 4.69) is 0 Å². The van der Waals surface area contributed by atoms with Gasteiger partial charge in [0, 0.05) is 6.54 Å². The predicted molar refractivity (Wildman–Crippen MR) is 52.1 cm³/mol. The van der Waals surface area contributed by atoms with Gasteiger partial charge in [-0.15, -0.1) is 0 Å². The van der Waals surface area contributed by atoms with Crippen molar-refractivity contribution < 1.29 is 9.47 Å². The van der Waals surface area contributed by atoms with Crippen LogP contribution in [0, 0.1) is 0 Å². The van der Waals surface area contributed by atoms with Gasteiger partial charge in [0.05, 0.1) is 7.11 Å². The molecule has 0 spiro atoms. The molecule has 1 unspecified atom stereocenters. The summed E-state index contributed by atoms with van der Waals surface area (Å²) in [6.45, 7) is 2.45. The maximum absolute atomic E-state index is 5.48. The monoisotopic (exact) mass is 181 g/mol. The molecule has 0 aliphatic carbocycles. The predicted octanol–water partition coefficient (Wildman–Crippen LogP) is 1.42. The lowest BCUT2D eigenvalue weighted by Crippen LogP contribution is -2.22. The molecule has 3 heteroatoms. The molecule has 0 saturated carbocycles. The molecule has 0 aliphatic heterocycles. The molecule has 0 fully saturated rings. The summed E-state index contributed by atoms with van der Waals surface area (Å²) in [4.78, 5) is 0. The summed E-state index contributed by atoms with van der Waals surface area (Å²) in [5.74, 6) is 1.64. The van der Waals surface area contributed by atoms with E-state index >= 15 is 0 Å². The molecule has 0 amide bonds. The molecule has 1 rings (SSSR count). The second kappa shape index (κ2) is 4.72. The highest BCUT2D eigenvalue weighted by Crippen LogP contribution is 2.17. The van der Waals surface area contributed by atoms with E-state index in [-0.39, 0.29) is 6.10 Å². The van der Waals surface area contributed by atoms with E-state index in [0.29, 0.717) is 6.54 Å². The quantitative estimate of drug-likeness (QED) is 0.764. The molecule has 1 atom stereocenters. The SMILES string of the molecule is COc1ccc(OC(C)CN)cc1. The molecule has 3 nitrogen and oxygen atoms in total. The van der Waals surface area contributed by atoms with Crippen molar-refractivity contribution in [3.63, 3.8) is 0 Å². The summed E-state index contributed by atoms with van der Waals surface area (Å²) < 4.78 is 10.5. The Morgan fingerprint density at radius 2 is 1.77 bits per heavy atom. The van der Waals surface area contributed by atoms with E-state index in [1.807, 2.05) is 31.2 Å². The Morgan fingerprint density at radius 1 is 1.23 bits per heavy atom. The van der Waals surface area contributed by atoms with Gasteiger partial charge >= 0.3 is 0 Å². The average molecular weight is 181 g/mol. The van der Waals surface area contributed by atoms with Gasteiger partial charge in [0.25, 0.3) is 0 Å². The zero-order valence-corrected chi connectivity index (χ0v) is 7.99. The lowest BCUT2D eigenvalue weighted by atomic mass is 10.3. The number of nitrogens with two attached hydrogens (primary N) is 1. The number of hydrogen-bond donors (Lipinski definition) is 1. The molecule has 2 N–H and O–H groups in total. The number of benzene rings is 1. The third-order valence-corrected chi connectivity index (χ3v) is 1.73. The fourth-order valence-corrected chi connectivity index (χ4v) is 0.935. The molecule has 0 radical (unpaired) electrons. The summed E-state index contributed by atoms with van der Waals surface area (Å²) in [5, 5.41) is 0. The van der Waals surface area contributed by atoms with Crippen molar-refractivity contribution in [1.29, 1.82) is 0 Å². The molecule has 1 aromatic carbocycles. The maximum atomic E-state index is 5.48. The van der Waals surface area contributed by atoms with Crippen LogP contribution in [0.1, 0.15) is 6.92 Å². The molecule has 0 aromatic heterocycles. The van der Waals surface area contributed by atoms with Gasteiger partial charge in [-0.2, -0.15) is 0 Å². The first kappa shape index (κ1) is 9.86. The molecular weight excluding hydrogens is 166 g/mol. The average Bonchev–Trinajstić information content (AvgIpc) is 2.19. The van der Waals surface area contributed by atoms with Crippen molar-refractivity contribution in [2.45, 2.75) is 13.0 Å². The molecule has 1 aromatic rings. The fraction of sp³-hybridized carbons (Fsp3) is 0.400. The van der Waals surface area contributed by atoms with Gasteiger partial charge in [0.1, 0.15) is 17.6 Å².